The Morgan fingerprint density at radius 2 is 1.90 bits per heavy atom. The second-order valence-electron chi connectivity index (χ2n) is 5.36. The summed E-state index contributed by atoms with van der Waals surface area (Å²) in [5, 5.41) is 0.322. The maximum Gasteiger partial charge on any atom is 0.186 e. The number of carbonyl (C=O) groups excluding carboxylic acids is 1. The Bertz CT molecular complexity index is 493. The molecule has 1 aromatic rings. The third-order valence-corrected chi connectivity index (χ3v) is 4.63. The largest absolute Gasteiger partial charge is 0.292 e. The minimum Gasteiger partial charge on any atom is -0.292 e. The van der Waals surface area contributed by atoms with Gasteiger partial charge in [-0.1, -0.05) is 38.3 Å². The van der Waals surface area contributed by atoms with Gasteiger partial charge in [0.05, 0.1) is 11.1 Å². The number of hydrogen-bond acceptors (Lipinski definition) is 2. The summed E-state index contributed by atoms with van der Waals surface area (Å²) in [5.41, 5.74) is -0.360. The van der Waals surface area contributed by atoms with E-state index in [1.165, 1.54) is 12.1 Å². The highest BCUT2D eigenvalue weighted by Gasteiger charge is 2.45. The number of hydrogen-bond donors (Lipinski definition) is 0. The first-order valence-electron chi connectivity index (χ1n) is 7.30. The average Bonchev–Trinajstić information content (AvgIpc) is 2.90. The monoisotopic (exact) mass is 297 g/mol. The van der Waals surface area contributed by atoms with Gasteiger partial charge in [-0.15, -0.1) is 0 Å². The molecule has 0 atom stereocenters. The third kappa shape index (κ3) is 2.61. The van der Waals surface area contributed by atoms with Crippen LogP contribution in [-0.2, 0) is 0 Å². The van der Waals surface area contributed by atoms with E-state index >= 15 is 0 Å². The van der Waals surface area contributed by atoms with Crippen molar-refractivity contribution in [3.8, 4) is 0 Å². The molecule has 110 valence electrons. The molecule has 0 aliphatic heterocycles. The van der Waals surface area contributed by atoms with E-state index in [2.05, 4.69) is 18.7 Å². The minimum absolute atomic E-state index is 0.0899. The Balaban J connectivity index is 2.41. The fourth-order valence-corrected chi connectivity index (χ4v) is 3.56. The number of benzene rings is 1. The van der Waals surface area contributed by atoms with Gasteiger partial charge in [0, 0.05) is 5.02 Å². The van der Waals surface area contributed by atoms with Gasteiger partial charge in [-0.3, -0.25) is 9.69 Å². The van der Waals surface area contributed by atoms with Crippen LogP contribution in [-0.4, -0.2) is 29.3 Å². The number of nitrogens with zero attached hydrogens (tertiary/aromatic N) is 1. The van der Waals surface area contributed by atoms with Crippen LogP contribution >= 0.6 is 11.6 Å². The standard InChI is InChI=1S/C16H21ClFNO/c1-3-19(4-2)16(9-5-6-10-16)15(20)13-8-7-12(17)11-14(13)18/h7-8,11H,3-6,9-10H2,1-2H3. The SMILES string of the molecule is CCN(CC)C1(C(=O)c2ccc(Cl)cc2F)CCCC1. The van der Waals surface area contributed by atoms with Gasteiger partial charge in [-0.2, -0.15) is 0 Å². The Kier molecular flexibility index (Phi) is 4.82. The van der Waals surface area contributed by atoms with Gasteiger partial charge in [0.1, 0.15) is 5.82 Å². The Morgan fingerprint density at radius 1 is 1.30 bits per heavy atom. The van der Waals surface area contributed by atoms with Crippen molar-refractivity contribution in [3.05, 3.63) is 34.6 Å². The molecule has 20 heavy (non-hydrogen) atoms. The zero-order chi connectivity index (χ0) is 14.8. The lowest BCUT2D eigenvalue weighted by atomic mass is 9.85. The summed E-state index contributed by atoms with van der Waals surface area (Å²) in [5.74, 6) is -0.603. The van der Waals surface area contributed by atoms with Crippen LogP contribution in [0.15, 0.2) is 18.2 Å². The van der Waals surface area contributed by atoms with Gasteiger partial charge >= 0.3 is 0 Å². The molecule has 0 saturated heterocycles. The van der Waals surface area contributed by atoms with E-state index < -0.39 is 11.4 Å². The summed E-state index contributed by atoms with van der Waals surface area (Å²) in [4.78, 5) is 15.1. The molecule has 0 spiro atoms. The average molecular weight is 298 g/mol. The van der Waals surface area contributed by atoms with Crippen LogP contribution in [0.2, 0.25) is 5.02 Å². The van der Waals surface area contributed by atoms with Crippen LogP contribution in [0, 0.1) is 5.82 Å². The molecule has 0 aromatic heterocycles. The third-order valence-electron chi connectivity index (χ3n) is 4.40. The molecule has 1 aliphatic carbocycles. The summed E-state index contributed by atoms with van der Waals surface area (Å²) < 4.78 is 14.1. The fourth-order valence-electron chi connectivity index (χ4n) is 3.40. The second-order valence-corrected chi connectivity index (χ2v) is 5.80. The first kappa shape index (κ1) is 15.5. The van der Waals surface area contributed by atoms with E-state index in [4.69, 9.17) is 11.6 Å². The van der Waals surface area contributed by atoms with E-state index in [-0.39, 0.29) is 11.3 Å². The molecule has 0 bridgehead atoms. The highest BCUT2D eigenvalue weighted by Crippen LogP contribution is 2.38. The van der Waals surface area contributed by atoms with E-state index in [1.54, 1.807) is 6.07 Å². The molecule has 0 amide bonds. The predicted octanol–water partition coefficient (Wildman–Crippen LogP) is 4.32. The van der Waals surface area contributed by atoms with Crippen molar-refractivity contribution in [2.24, 2.45) is 0 Å². The first-order chi connectivity index (χ1) is 9.55. The molecule has 0 N–H and O–H groups in total. The highest BCUT2D eigenvalue weighted by molar-refractivity contribution is 6.30. The van der Waals surface area contributed by atoms with Gasteiger partial charge in [-0.25, -0.2) is 4.39 Å². The summed E-state index contributed by atoms with van der Waals surface area (Å²) in [6.07, 6.45) is 3.68. The summed E-state index contributed by atoms with van der Waals surface area (Å²) >= 11 is 5.77. The molecular formula is C16H21ClFNO. The van der Waals surface area contributed by atoms with E-state index in [9.17, 15) is 9.18 Å². The van der Waals surface area contributed by atoms with E-state index in [1.807, 2.05) is 0 Å². The number of Topliss-reactive ketones (excluding diaryl/α,β-unsaturated/α-hetero) is 1. The molecule has 1 aliphatic rings. The van der Waals surface area contributed by atoms with Gasteiger partial charge < -0.3 is 0 Å². The summed E-state index contributed by atoms with van der Waals surface area (Å²) in [6.45, 7) is 5.71. The minimum atomic E-state index is -0.530. The molecular weight excluding hydrogens is 277 g/mol. The summed E-state index contributed by atoms with van der Waals surface area (Å²) in [7, 11) is 0. The van der Waals surface area contributed by atoms with Crippen LogP contribution in [0.3, 0.4) is 0 Å². The lowest BCUT2D eigenvalue weighted by Gasteiger charge is -2.39. The maximum atomic E-state index is 14.1. The molecule has 2 rings (SSSR count). The molecule has 0 heterocycles. The van der Waals surface area contributed by atoms with Crippen LogP contribution in [0.1, 0.15) is 49.9 Å². The molecule has 0 unspecified atom stereocenters. The number of ketones is 1. The van der Waals surface area contributed by atoms with Crippen molar-refractivity contribution in [2.75, 3.05) is 13.1 Å². The Hall–Kier alpha value is -0.930. The molecule has 1 saturated carbocycles. The number of likely N-dealkylation sites (N-methyl/N-ethyl adjacent to an activating group) is 1. The van der Waals surface area contributed by atoms with Gasteiger partial charge in [0.15, 0.2) is 5.78 Å². The molecule has 4 heteroatoms. The number of carbonyl (C=O) groups is 1. The first-order valence-corrected chi connectivity index (χ1v) is 7.68. The van der Waals surface area contributed by atoms with E-state index in [0.29, 0.717) is 5.02 Å². The second kappa shape index (κ2) is 6.23. The summed E-state index contributed by atoms with van der Waals surface area (Å²) in [6, 6.07) is 4.33. The topological polar surface area (TPSA) is 20.3 Å². The number of rotatable bonds is 5. The van der Waals surface area contributed by atoms with Gasteiger partial charge in [0.25, 0.3) is 0 Å². The van der Waals surface area contributed by atoms with Gasteiger partial charge in [0.2, 0.25) is 0 Å². The Morgan fingerprint density at radius 3 is 2.40 bits per heavy atom. The molecule has 1 aromatic carbocycles. The number of halogens is 2. The van der Waals surface area contributed by atoms with Crippen molar-refractivity contribution in [3.63, 3.8) is 0 Å². The van der Waals surface area contributed by atoms with Crippen molar-refractivity contribution in [1.82, 2.24) is 4.90 Å². The van der Waals surface area contributed by atoms with Crippen molar-refractivity contribution >= 4 is 17.4 Å². The molecule has 1 fully saturated rings. The predicted molar refractivity (Wildman–Crippen MR) is 79.9 cm³/mol. The zero-order valence-corrected chi connectivity index (χ0v) is 12.8. The zero-order valence-electron chi connectivity index (χ0n) is 12.1. The normalized spacial score (nSPS) is 17.6. The maximum absolute atomic E-state index is 14.1. The van der Waals surface area contributed by atoms with Gasteiger partial charge in [-0.05, 0) is 44.1 Å². The van der Waals surface area contributed by atoms with Crippen LogP contribution in [0.4, 0.5) is 4.39 Å². The van der Waals surface area contributed by atoms with Crippen molar-refractivity contribution in [1.29, 1.82) is 0 Å². The molecule has 2 nitrogen and oxygen atoms in total. The van der Waals surface area contributed by atoms with Crippen molar-refractivity contribution < 1.29 is 9.18 Å². The fraction of sp³-hybridized carbons (Fsp3) is 0.562. The smallest absolute Gasteiger partial charge is 0.186 e. The Labute approximate surface area is 124 Å². The lowest BCUT2D eigenvalue weighted by molar-refractivity contribution is 0.0580. The van der Waals surface area contributed by atoms with Crippen molar-refractivity contribution in [2.45, 2.75) is 45.1 Å². The van der Waals surface area contributed by atoms with Crippen LogP contribution in [0.5, 0.6) is 0 Å². The lowest BCUT2D eigenvalue weighted by Crippen LogP contribution is -2.52. The quantitative estimate of drug-likeness (QED) is 0.755. The van der Waals surface area contributed by atoms with Crippen LogP contribution < -0.4 is 0 Å². The van der Waals surface area contributed by atoms with Crippen LogP contribution in [0.25, 0.3) is 0 Å². The van der Waals surface area contributed by atoms with E-state index in [0.717, 1.165) is 38.8 Å². The highest BCUT2D eigenvalue weighted by atomic mass is 35.5. The molecule has 0 radical (unpaired) electrons.